The van der Waals surface area contributed by atoms with Gasteiger partial charge in [-0.3, -0.25) is 4.79 Å². The summed E-state index contributed by atoms with van der Waals surface area (Å²) in [7, 11) is 0. The predicted molar refractivity (Wildman–Crippen MR) is 119 cm³/mol. The molecule has 0 radical (unpaired) electrons. The second kappa shape index (κ2) is 8.75. The lowest BCUT2D eigenvalue weighted by molar-refractivity contribution is -0.113. The van der Waals surface area contributed by atoms with Crippen LogP contribution in [-0.4, -0.2) is 17.6 Å². The van der Waals surface area contributed by atoms with Gasteiger partial charge in [0.15, 0.2) is 5.11 Å². The van der Waals surface area contributed by atoms with E-state index in [1.807, 2.05) is 63.2 Å². The second-order valence-corrected chi connectivity index (χ2v) is 7.83. The highest BCUT2D eigenvalue weighted by atomic mass is 79.9. The van der Waals surface area contributed by atoms with Gasteiger partial charge >= 0.3 is 0 Å². The number of hydrogen-bond donors (Lipinski definition) is 3. The van der Waals surface area contributed by atoms with Crippen LogP contribution >= 0.6 is 28.1 Å². The number of anilines is 1. The fourth-order valence-corrected chi connectivity index (χ4v) is 3.75. The van der Waals surface area contributed by atoms with E-state index in [0.29, 0.717) is 28.7 Å². The SMILES string of the molecule is CCOc1ccc(Br)cc1[C@H]1NC(=S)NC(C)=C1C(=O)Nc1ccc(C)cc1. The van der Waals surface area contributed by atoms with Gasteiger partial charge in [-0.05, 0) is 63.3 Å². The van der Waals surface area contributed by atoms with Gasteiger partial charge in [0, 0.05) is 21.4 Å². The number of nitrogens with one attached hydrogen (secondary N) is 3. The minimum absolute atomic E-state index is 0.198. The topological polar surface area (TPSA) is 62.4 Å². The third-order valence-electron chi connectivity index (χ3n) is 4.41. The maximum atomic E-state index is 13.2. The lowest BCUT2D eigenvalue weighted by Crippen LogP contribution is -2.45. The fourth-order valence-electron chi connectivity index (χ4n) is 3.10. The van der Waals surface area contributed by atoms with Gasteiger partial charge in [-0.2, -0.15) is 0 Å². The Morgan fingerprint density at radius 1 is 1.21 bits per heavy atom. The first-order valence-electron chi connectivity index (χ1n) is 8.97. The summed E-state index contributed by atoms with van der Waals surface area (Å²) in [4.78, 5) is 13.2. The van der Waals surface area contributed by atoms with E-state index >= 15 is 0 Å². The maximum Gasteiger partial charge on any atom is 0.255 e. The summed E-state index contributed by atoms with van der Waals surface area (Å²) >= 11 is 8.86. The average molecular weight is 460 g/mol. The molecule has 0 aliphatic carbocycles. The molecule has 0 unspecified atom stereocenters. The van der Waals surface area contributed by atoms with Crippen LogP contribution < -0.4 is 20.7 Å². The Morgan fingerprint density at radius 2 is 1.93 bits per heavy atom. The van der Waals surface area contributed by atoms with Gasteiger partial charge in [0.25, 0.3) is 5.91 Å². The number of rotatable bonds is 5. The van der Waals surface area contributed by atoms with Crippen LogP contribution in [0.15, 0.2) is 58.2 Å². The van der Waals surface area contributed by atoms with Crippen molar-refractivity contribution in [1.29, 1.82) is 0 Å². The highest BCUT2D eigenvalue weighted by molar-refractivity contribution is 9.10. The molecule has 0 fully saturated rings. The number of allylic oxidation sites excluding steroid dienone is 1. The number of benzene rings is 2. The summed E-state index contributed by atoms with van der Waals surface area (Å²) < 4.78 is 6.69. The van der Waals surface area contributed by atoms with Crippen molar-refractivity contribution in [3.63, 3.8) is 0 Å². The van der Waals surface area contributed by atoms with E-state index in [0.717, 1.165) is 21.3 Å². The molecule has 7 heteroatoms. The molecule has 1 aliphatic rings. The van der Waals surface area contributed by atoms with Crippen molar-refractivity contribution < 1.29 is 9.53 Å². The van der Waals surface area contributed by atoms with Crippen LogP contribution in [0.4, 0.5) is 5.69 Å². The summed E-state index contributed by atoms with van der Waals surface area (Å²) in [5.41, 5.74) is 3.98. The molecule has 28 heavy (non-hydrogen) atoms. The number of carbonyl (C=O) groups is 1. The molecule has 1 amide bonds. The molecule has 3 rings (SSSR count). The monoisotopic (exact) mass is 459 g/mol. The Bertz CT molecular complexity index is 941. The molecular weight excluding hydrogens is 438 g/mol. The van der Waals surface area contributed by atoms with E-state index in [2.05, 4.69) is 31.9 Å². The first-order chi connectivity index (χ1) is 13.4. The van der Waals surface area contributed by atoms with Gasteiger partial charge in [0.2, 0.25) is 0 Å². The van der Waals surface area contributed by atoms with Gasteiger partial charge in [-0.1, -0.05) is 33.6 Å². The summed E-state index contributed by atoms with van der Waals surface area (Å²) in [6.45, 7) is 6.31. The predicted octanol–water partition coefficient (Wildman–Crippen LogP) is 4.59. The molecule has 1 atom stereocenters. The molecule has 0 saturated carbocycles. The summed E-state index contributed by atoms with van der Waals surface area (Å²) in [5, 5.41) is 9.72. The van der Waals surface area contributed by atoms with E-state index in [1.54, 1.807) is 0 Å². The van der Waals surface area contributed by atoms with Crippen LogP contribution in [-0.2, 0) is 4.79 Å². The third kappa shape index (κ3) is 4.54. The number of ether oxygens (including phenoxy) is 1. The third-order valence-corrected chi connectivity index (χ3v) is 5.12. The number of amides is 1. The van der Waals surface area contributed by atoms with Crippen molar-refractivity contribution >= 4 is 44.9 Å². The van der Waals surface area contributed by atoms with E-state index in [4.69, 9.17) is 17.0 Å². The Balaban J connectivity index is 2.00. The first-order valence-corrected chi connectivity index (χ1v) is 10.2. The van der Waals surface area contributed by atoms with Crippen molar-refractivity contribution in [2.75, 3.05) is 11.9 Å². The minimum Gasteiger partial charge on any atom is -0.494 e. The van der Waals surface area contributed by atoms with E-state index in [9.17, 15) is 4.79 Å². The summed E-state index contributed by atoms with van der Waals surface area (Å²) in [5.74, 6) is 0.512. The Morgan fingerprint density at radius 3 is 2.61 bits per heavy atom. The number of aryl methyl sites for hydroxylation is 1. The molecule has 0 saturated heterocycles. The van der Waals surface area contributed by atoms with Crippen LogP contribution in [0.3, 0.4) is 0 Å². The summed E-state index contributed by atoms with van der Waals surface area (Å²) in [6.07, 6.45) is 0. The van der Waals surface area contributed by atoms with Crippen LogP contribution in [0.1, 0.15) is 31.0 Å². The maximum absolute atomic E-state index is 13.2. The lowest BCUT2D eigenvalue weighted by Gasteiger charge is -2.31. The average Bonchev–Trinajstić information content (AvgIpc) is 2.64. The van der Waals surface area contributed by atoms with Crippen LogP contribution in [0, 0.1) is 6.92 Å². The number of hydrogen-bond acceptors (Lipinski definition) is 3. The zero-order valence-corrected chi connectivity index (χ0v) is 18.3. The zero-order chi connectivity index (χ0) is 20.3. The molecule has 0 spiro atoms. The minimum atomic E-state index is -0.432. The molecule has 0 aromatic heterocycles. The number of carbonyl (C=O) groups excluding carboxylic acids is 1. The van der Waals surface area contributed by atoms with Gasteiger partial charge in [-0.25, -0.2) is 0 Å². The van der Waals surface area contributed by atoms with Crippen molar-refractivity contribution in [2.24, 2.45) is 0 Å². The van der Waals surface area contributed by atoms with Gasteiger partial charge < -0.3 is 20.7 Å². The quantitative estimate of drug-likeness (QED) is 0.570. The van der Waals surface area contributed by atoms with Crippen LogP contribution in [0.25, 0.3) is 0 Å². The molecule has 5 nitrogen and oxygen atoms in total. The molecule has 2 aromatic carbocycles. The first kappa shape index (κ1) is 20.4. The highest BCUT2D eigenvalue weighted by Crippen LogP contribution is 2.35. The summed E-state index contributed by atoms with van der Waals surface area (Å²) in [6, 6.07) is 13.0. The Labute approximate surface area is 178 Å². The molecule has 146 valence electrons. The molecule has 1 aliphatic heterocycles. The number of thiocarbonyl (C=S) groups is 1. The molecule has 3 N–H and O–H groups in total. The molecule has 2 aromatic rings. The normalized spacial score (nSPS) is 16.3. The van der Waals surface area contributed by atoms with Crippen LogP contribution in [0.2, 0.25) is 0 Å². The Kier molecular flexibility index (Phi) is 6.36. The van der Waals surface area contributed by atoms with Crippen molar-refractivity contribution in [3.05, 3.63) is 69.3 Å². The van der Waals surface area contributed by atoms with Gasteiger partial charge in [0.05, 0.1) is 18.2 Å². The largest absolute Gasteiger partial charge is 0.494 e. The standard InChI is InChI=1S/C21H22BrN3O2S/c1-4-27-17-10-7-14(22)11-16(17)19-18(13(3)23-21(28)25-19)20(26)24-15-8-5-12(2)6-9-15/h5-11,19H,4H2,1-3H3,(H,24,26)(H2,23,25,28)/t19-/m1/s1. The Hall–Kier alpha value is -2.38. The molecular formula is C21H22BrN3O2S. The van der Waals surface area contributed by atoms with Crippen molar-refractivity contribution in [2.45, 2.75) is 26.8 Å². The van der Waals surface area contributed by atoms with Gasteiger partial charge in [0.1, 0.15) is 5.75 Å². The number of halogens is 1. The zero-order valence-electron chi connectivity index (χ0n) is 15.9. The van der Waals surface area contributed by atoms with E-state index in [-0.39, 0.29) is 5.91 Å². The highest BCUT2D eigenvalue weighted by Gasteiger charge is 2.32. The van der Waals surface area contributed by atoms with Crippen molar-refractivity contribution in [3.8, 4) is 5.75 Å². The lowest BCUT2D eigenvalue weighted by atomic mass is 9.94. The van der Waals surface area contributed by atoms with E-state index < -0.39 is 6.04 Å². The van der Waals surface area contributed by atoms with E-state index in [1.165, 1.54) is 0 Å². The molecule has 0 bridgehead atoms. The molecule has 1 heterocycles. The second-order valence-electron chi connectivity index (χ2n) is 6.51. The smallest absolute Gasteiger partial charge is 0.255 e. The fraction of sp³-hybridized carbons (Fsp3) is 0.238. The van der Waals surface area contributed by atoms with Crippen LogP contribution in [0.5, 0.6) is 5.75 Å². The van der Waals surface area contributed by atoms with Crippen molar-refractivity contribution in [1.82, 2.24) is 10.6 Å². The van der Waals surface area contributed by atoms with Gasteiger partial charge in [-0.15, -0.1) is 0 Å².